The molecule has 0 radical (unpaired) electrons. The Balaban J connectivity index is 0. The average Bonchev–Trinajstić information content (AvgIpc) is 2.70. The summed E-state index contributed by atoms with van der Waals surface area (Å²) in [5, 5.41) is 0. The molecule has 1 nitrogen and oxygen atoms in total. The maximum Gasteiger partial charge on any atom is -0.00531 e. The van der Waals surface area contributed by atoms with Crippen molar-refractivity contribution in [1.29, 1.82) is 0 Å². The Morgan fingerprint density at radius 2 is 1.54 bits per heavy atom. The van der Waals surface area contributed by atoms with E-state index in [1.807, 2.05) is 26.0 Å². The van der Waals surface area contributed by atoms with Gasteiger partial charge in [0.25, 0.3) is 0 Å². The zero-order chi connectivity index (χ0) is 9.40. The van der Waals surface area contributed by atoms with Crippen LogP contribution < -0.4 is 0 Å². The molecule has 2 heteroatoms. The first-order valence-electron chi connectivity index (χ1n) is 4.96. The first-order valence-corrected chi connectivity index (χ1v) is 4.96. The first-order chi connectivity index (χ1) is 5.66. The summed E-state index contributed by atoms with van der Waals surface area (Å²) >= 11 is 0. The van der Waals surface area contributed by atoms with Crippen molar-refractivity contribution >= 4 is 12.4 Å². The Bertz CT molecular complexity index is 113. The second-order valence-electron chi connectivity index (χ2n) is 3.89. The van der Waals surface area contributed by atoms with Gasteiger partial charge < -0.3 is 4.90 Å². The molecule has 1 rings (SSSR count). The summed E-state index contributed by atoms with van der Waals surface area (Å²) in [6, 6.07) is 0. The van der Waals surface area contributed by atoms with E-state index in [2.05, 4.69) is 19.1 Å². The van der Waals surface area contributed by atoms with Gasteiger partial charge in [-0.15, -0.1) is 12.4 Å². The quantitative estimate of drug-likeness (QED) is 0.503. The molecule has 0 atom stereocenters. The summed E-state index contributed by atoms with van der Waals surface area (Å²) in [7, 11) is 6.00. The van der Waals surface area contributed by atoms with Crippen LogP contribution in [-0.2, 0) is 0 Å². The van der Waals surface area contributed by atoms with Crippen LogP contribution in [0.5, 0.6) is 0 Å². The van der Waals surface area contributed by atoms with Gasteiger partial charge in [0.1, 0.15) is 0 Å². The van der Waals surface area contributed by atoms with Crippen molar-refractivity contribution in [3.8, 4) is 0 Å². The van der Waals surface area contributed by atoms with Gasteiger partial charge in [-0.3, -0.25) is 0 Å². The van der Waals surface area contributed by atoms with E-state index in [9.17, 15) is 0 Å². The normalized spacial score (nSPS) is 13.3. The average molecular weight is 206 g/mol. The Morgan fingerprint density at radius 3 is 1.85 bits per heavy atom. The SMILES string of the molecule is CCCCCC1C=C1.CN(C)C.Cl. The second kappa shape index (κ2) is 10.1. The monoisotopic (exact) mass is 205 g/mol. The van der Waals surface area contributed by atoms with Crippen LogP contribution in [0.4, 0.5) is 0 Å². The van der Waals surface area contributed by atoms with Crippen molar-refractivity contribution in [2.45, 2.75) is 32.6 Å². The molecular weight excluding hydrogens is 182 g/mol. The van der Waals surface area contributed by atoms with E-state index in [-0.39, 0.29) is 12.4 Å². The van der Waals surface area contributed by atoms with Crippen LogP contribution in [0.15, 0.2) is 12.2 Å². The highest BCUT2D eigenvalue weighted by atomic mass is 35.5. The lowest BCUT2D eigenvalue weighted by molar-refractivity contribution is 0.505. The Labute approximate surface area is 89.6 Å². The van der Waals surface area contributed by atoms with Crippen molar-refractivity contribution in [2.24, 2.45) is 5.92 Å². The van der Waals surface area contributed by atoms with Gasteiger partial charge in [-0.25, -0.2) is 0 Å². The van der Waals surface area contributed by atoms with Crippen molar-refractivity contribution in [1.82, 2.24) is 4.90 Å². The van der Waals surface area contributed by atoms with Gasteiger partial charge in [-0.2, -0.15) is 0 Å². The highest BCUT2D eigenvalue weighted by molar-refractivity contribution is 5.85. The summed E-state index contributed by atoms with van der Waals surface area (Å²) in [6.07, 6.45) is 10.2. The lowest BCUT2D eigenvalue weighted by Gasteiger charge is -1.93. The summed E-state index contributed by atoms with van der Waals surface area (Å²) in [5.74, 6) is 0.904. The molecule has 0 bridgehead atoms. The fourth-order valence-electron chi connectivity index (χ4n) is 0.901. The minimum absolute atomic E-state index is 0. The van der Waals surface area contributed by atoms with E-state index in [1.54, 1.807) is 0 Å². The number of halogens is 1. The molecule has 0 amide bonds. The smallest absolute Gasteiger partial charge is 0.00531 e. The minimum Gasteiger partial charge on any atom is -0.312 e. The molecule has 0 aromatic rings. The van der Waals surface area contributed by atoms with Crippen LogP contribution in [0, 0.1) is 5.92 Å². The molecule has 0 aliphatic heterocycles. The Hall–Kier alpha value is -0.0100. The minimum atomic E-state index is 0. The number of rotatable bonds is 4. The molecular formula is C11H24ClN. The van der Waals surface area contributed by atoms with Gasteiger partial charge in [0.05, 0.1) is 0 Å². The number of hydrogen-bond donors (Lipinski definition) is 0. The molecule has 0 unspecified atom stereocenters. The van der Waals surface area contributed by atoms with Crippen molar-refractivity contribution < 1.29 is 0 Å². The van der Waals surface area contributed by atoms with Crippen LogP contribution in [-0.4, -0.2) is 26.0 Å². The Kier molecular flexibility index (Phi) is 12.0. The molecule has 80 valence electrons. The van der Waals surface area contributed by atoms with E-state index in [0.29, 0.717) is 0 Å². The number of nitrogens with zero attached hydrogens (tertiary/aromatic N) is 1. The van der Waals surface area contributed by atoms with Crippen LogP contribution >= 0.6 is 12.4 Å². The molecule has 0 spiro atoms. The molecule has 1 aliphatic carbocycles. The van der Waals surface area contributed by atoms with Crippen LogP contribution in [0.1, 0.15) is 32.6 Å². The maximum absolute atomic E-state index is 2.29. The second-order valence-corrected chi connectivity index (χ2v) is 3.89. The zero-order valence-corrected chi connectivity index (χ0v) is 10.2. The van der Waals surface area contributed by atoms with Crippen LogP contribution in [0.2, 0.25) is 0 Å². The largest absolute Gasteiger partial charge is 0.312 e. The Morgan fingerprint density at radius 1 is 1.08 bits per heavy atom. The molecule has 0 heterocycles. The van der Waals surface area contributed by atoms with Gasteiger partial charge in [-0.05, 0) is 33.5 Å². The van der Waals surface area contributed by atoms with E-state index in [4.69, 9.17) is 0 Å². The van der Waals surface area contributed by atoms with Gasteiger partial charge >= 0.3 is 0 Å². The third-order valence-electron chi connectivity index (χ3n) is 1.61. The molecule has 1 aliphatic rings. The van der Waals surface area contributed by atoms with Crippen LogP contribution in [0.25, 0.3) is 0 Å². The molecule has 0 fully saturated rings. The molecule has 0 aromatic heterocycles. The van der Waals surface area contributed by atoms with Crippen molar-refractivity contribution in [3.05, 3.63) is 12.2 Å². The summed E-state index contributed by atoms with van der Waals surface area (Å²) < 4.78 is 0. The number of hydrogen-bond acceptors (Lipinski definition) is 1. The van der Waals surface area contributed by atoms with Crippen molar-refractivity contribution in [2.75, 3.05) is 21.1 Å². The summed E-state index contributed by atoms with van der Waals surface area (Å²) in [6.45, 7) is 2.25. The van der Waals surface area contributed by atoms with Gasteiger partial charge in [0, 0.05) is 0 Å². The molecule has 0 saturated heterocycles. The zero-order valence-electron chi connectivity index (χ0n) is 9.42. The van der Waals surface area contributed by atoms with Crippen LogP contribution in [0.3, 0.4) is 0 Å². The topological polar surface area (TPSA) is 3.24 Å². The lowest BCUT2D eigenvalue weighted by atomic mass is 10.1. The maximum atomic E-state index is 2.29. The summed E-state index contributed by atoms with van der Waals surface area (Å²) in [4.78, 5) is 2.00. The predicted molar refractivity (Wildman–Crippen MR) is 63.6 cm³/mol. The van der Waals surface area contributed by atoms with E-state index in [1.165, 1.54) is 25.7 Å². The summed E-state index contributed by atoms with van der Waals surface area (Å²) in [5.41, 5.74) is 0. The highest BCUT2D eigenvalue weighted by Crippen LogP contribution is 2.22. The molecule has 0 saturated carbocycles. The third kappa shape index (κ3) is 18.7. The standard InChI is InChI=1S/C8H14.C3H9N.ClH/c1-2-3-4-5-8-6-7-8;1-4(2)3;/h6-8H,2-5H2,1H3;1-3H3;1H. The van der Waals surface area contributed by atoms with Gasteiger partial charge in [0.2, 0.25) is 0 Å². The molecule has 0 N–H and O–H groups in total. The third-order valence-corrected chi connectivity index (χ3v) is 1.61. The van der Waals surface area contributed by atoms with E-state index in [0.717, 1.165) is 5.92 Å². The fourth-order valence-corrected chi connectivity index (χ4v) is 0.901. The van der Waals surface area contributed by atoms with E-state index >= 15 is 0 Å². The first kappa shape index (κ1) is 15.5. The molecule has 0 aromatic carbocycles. The van der Waals surface area contributed by atoms with Crippen molar-refractivity contribution in [3.63, 3.8) is 0 Å². The lowest BCUT2D eigenvalue weighted by Crippen LogP contribution is -1.99. The highest BCUT2D eigenvalue weighted by Gasteiger charge is 2.08. The van der Waals surface area contributed by atoms with Gasteiger partial charge in [-0.1, -0.05) is 38.3 Å². The molecule has 13 heavy (non-hydrogen) atoms. The number of unbranched alkanes of at least 4 members (excludes halogenated alkanes) is 2. The van der Waals surface area contributed by atoms with Gasteiger partial charge in [0.15, 0.2) is 0 Å². The fraction of sp³-hybridized carbons (Fsp3) is 0.818. The van der Waals surface area contributed by atoms with E-state index < -0.39 is 0 Å². The predicted octanol–water partition coefficient (Wildman–Crippen LogP) is 3.35. The number of allylic oxidation sites excluding steroid dienone is 2.